The van der Waals surface area contributed by atoms with Crippen molar-refractivity contribution in [2.45, 2.75) is 32.9 Å². The molecule has 2 saturated heterocycles. The first kappa shape index (κ1) is 20.6. The normalized spacial score (nSPS) is 21.0. The fourth-order valence-electron chi connectivity index (χ4n) is 3.84. The number of likely N-dealkylation sites (tertiary alicyclic amines) is 1. The number of rotatable bonds is 6. The summed E-state index contributed by atoms with van der Waals surface area (Å²) in [6, 6.07) is 8.30. The molecule has 2 aliphatic rings. The third kappa shape index (κ3) is 5.45. The van der Waals surface area contributed by atoms with E-state index in [4.69, 9.17) is 9.73 Å². The number of guanidine groups is 1. The number of morpholine rings is 1. The summed E-state index contributed by atoms with van der Waals surface area (Å²) in [6.07, 6.45) is 1.16. The van der Waals surface area contributed by atoms with Crippen LogP contribution in [0.4, 0.5) is 0 Å². The summed E-state index contributed by atoms with van der Waals surface area (Å²) in [5.74, 6) is 0.926. The highest BCUT2D eigenvalue weighted by Gasteiger charge is 2.30. The van der Waals surface area contributed by atoms with Gasteiger partial charge >= 0.3 is 0 Å². The Labute approximate surface area is 168 Å². The summed E-state index contributed by atoms with van der Waals surface area (Å²) in [6.45, 7) is 11.8. The first-order valence-electron chi connectivity index (χ1n) is 10.4. The maximum absolute atomic E-state index is 12.1. The second-order valence-corrected chi connectivity index (χ2v) is 7.27. The molecule has 0 saturated carbocycles. The van der Waals surface area contributed by atoms with Crippen molar-refractivity contribution in [3.05, 3.63) is 35.4 Å². The SMILES string of the molecule is CCNC(=O)c1cccc(CN=C(NCC)N2CCC(N3CCOCC3)C2)c1. The lowest BCUT2D eigenvalue weighted by Crippen LogP contribution is -2.46. The zero-order valence-corrected chi connectivity index (χ0v) is 17.1. The number of nitrogens with one attached hydrogen (secondary N) is 2. The number of carbonyl (C=O) groups is 1. The third-order valence-electron chi connectivity index (χ3n) is 5.30. The molecule has 3 rings (SSSR count). The number of aliphatic imine (C=N–C) groups is 1. The molecular formula is C21H33N5O2. The van der Waals surface area contributed by atoms with E-state index in [1.165, 1.54) is 0 Å². The summed E-state index contributed by atoms with van der Waals surface area (Å²) >= 11 is 0. The van der Waals surface area contributed by atoms with Crippen LogP contribution in [0.5, 0.6) is 0 Å². The molecule has 2 heterocycles. The maximum atomic E-state index is 12.1. The van der Waals surface area contributed by atoms with Crippen molar-refractivity contribution in [2.24, 2.45) is 4.99 Å². The monoisotopic (exact) mass is 387 g/mol. The van der Waals surface area contributed by atoms with E-state index in [1.807, 2.05) is 31.2 Å². The van der Waals surface area contributed by atoms with Gasteiger partial charge in [-0.1, -0.05) is 12.1 Å². The largest absolute Gasteiger partial charge is 0.379 e. The van der Waals surface area contributed by atoms with E-state index in [2.05, 4.69) is 27.4 Å². The van der Waals surface area contributed by atoms with Crippen LogP contribution in [0.25, 0.3) is 0 Å². The molecule has 154 valence electrons. The second-order valence-electron chi connectivity index (χ2n) is 7.27. The highest BCUT2D eigenvalue weighted by Crippen LogP contribution is 2.17. The minimum absolute atomic E-state index is 0.0341. The molecule has 2 aliphatic heterocycles. The van der Waals surface area contributed by atoms with E-state index in [1.54, 1.807) is 0 Å². The topological polar surface area (TPSA) is 69.2 Å². The zero-order valence-electron chi connectivity index (χ0n) is 17.1. The van der Waals surface area contributed by atoms with Gasteiger partial charge in [0.2, 0.25) is 0 Å². The molecule has 0 spiro atoms. The van der Waals surface area contributed by atoms with E-state index in [-0.39, 0.29) is 5.91 Å². The van der Waals surface area contributed by atoms with Crippen molar-refractivity contribution in [2.75, 3.05) is 52.5 Å². The molecule has 1 unspecified atom stereocenters. The Morgan fingerprint density at radius 1 is 1.18 bits per heavy atom. The minimum Gasteiger partial charge on any atom is -0.379 e. The lowest BCUT2D eigenvalue weighted by Gasteiger charge is -2.32. The van der Waals surface area contributed by atoms with E-state index in [9.17, 15) is 4.79 Å². The minimum atomic E-state index is -0.0341. The van der Waals surface area contributed by atoms with E-state index in [0.717, 1.165) is 63.9 Å². The predicted octanol–water partition coefficient (Wildman–Crippen LogP) is 1.31. The zero-order chi connectivity index (χ0) is 19.8. The Bertz CT molecular complexity index is 673. The predicted molar refractivity (Wildman–Crippen MR) is 112 cm³/mol. The van der Waals surface area contributed by atoms with Gasteiger partial charge in [-0.3, -0.25) is 9.69 Å². The van der Waals surface area contributed by atoms with Crippen LogP contribution >= 0.6 is 0 Å². The molecule has 1 atom stereocenters. The quantitative estimate of drug-likeness (QED) is 0.569. The lowest BCUT2D eigenvalue weighted by atomic mass is 10.1. The molecule has 0 aliphatic carbocycles. The number of hydrogen-bond donors (Lipinski definition) is 2. The summed E-state index contributed by atoms with van der Waals surface area (Å²) in [7, 11) is 0. The van der Waals surface area contributed by atoms with Crippen molar-refractivity contribution < 1.29 is 9.53 Å². The number of hydrogen-bond acceptors (Lipinski definition) is 4. The van der Waals surface area contributed by atoms with Crippen LogP contribution in [0.3, 0.4) is 0 Å². The van der Waals surface area contributed by atoms with Gasteiger partial charge < -0.3 is 20.3 Å². The highest BCUT2D eigenvalue weighted by atomic mass is 16.5. The third-order valence-corrected chi connectivity index (χ3v) is 5.30. The van der Waals surface area contributed by atoms with Gasteiger partial charge in [-0.25, -0.2) is 4.99 Å². The van der Waals surface area contributed by atoms with Crippen LogP contribution in [-0.4, -0.2) is 80.2 Å². The fourth-order valence-corrected chi connectivity index (χ4v) is 3.84. The molecule has 2 fully saturated rings. The molecule has 1 amide bonds. The van der Waals surface area contributed by atoms with Gasteiger partial charge in [-0.15, -0.1) is 0 Å². The summed E-state index contributed by atoms with van der Waals surface area (Å²) < 4.78 is 5.48. The Hall–Kier alpha value is -2.12. The number of nitrogens with zero attached hydrogens (tertiary/aromatic N) is 3. The second kappa shape index (κ2) is 10.4. The van der Waals surface area contributed by atoms with Crippen molar-refractivity contribution in [3.8, 4) is 0 Å². The van der Waals surface area contributed by atoms with Gasteiger partial charge in [0.15, 0.2) is 5.96 Å². The number of carbonyl (C=O) groups excluding carboxylic acids is 1. The van der Waals surface area contributed by atoms with E-state index >= 15 is 0 Å². The first-order chi connectivity index (χ1) is 13.7. The lowest BCUT2D eigenvalue weighted by molar-refractivity contribution is 0.0195. The number of ether oxygens (including phenoxy) is 1. The van der Waals surface area contributed by atoms with Gasteiger partial charge in [0.05, 0.1) is 19.8 Å². The van der Waals surface area contributed by atoms with Crippen LogP contribution in [0.2, 0.25) is 0 Å². The molecule has 0 aromatic heterocycles. The molecule has 0 radical (unpaired) electrons. The van der Waals surface area contributed by atoms with E-state index < -0.39 is 0 Å². The fraction of sp³-hybridized carbons (Fsp3) is 0.619. The molecule has 2 N–H and O–H groups in total. The van der Waals surface area contributed by atoms with Gasteiger partial charge in [0, 0.05) is 50.9 Å². The molecular weight excluding hydrogens is 354 g/mol. The highest BCUT2D eigenvalue weighted by molar-refractivity contribution is 5.94. The average molecular weight is 388 g/mol. The Balaban J connectivity index is 1.63. The number of benzene rings is 1. The van der Waals surface area contributed by atoms with Crippen molar-refractivity contribution in [3.63, 3.8) is 0 Å². The van der Waals surface area contributed by atoms with E-state index in [0.29, 0.717) is 24.7 Å². The van der Waals surface area contributed by atoms with Crippen LogP contribution in [0, 0.1) is 0 Å². The maximum Gasteiger partial charge on any atom is 0.251 e. The van der Waals surface area contributed by atoms with Crippen LogP contribution in [0.1, 0.15) is 36.2 Å². The molecule has 0 bridgehead atoms. The van der Waals surface area contributed by atoms with Gasteiger partial charge in [0.25, 0.3) is 5.91 Å². The Morgan fingerprint density at radius 2 is 1.96 bits per heavy atom. The standard InChI is InChI=1S/C21H33N5O2/c1-3-22-20(27)18-7-5-6-17(14-18)15-24-21(23-4-2)26-9-8-19(16-26)25-10-12-28-13-11-25/h5-7,14,19H,3-4,8-13,15-16H2,1-2H3,(H,22,27)(H,23,24). The van der Waals surface area contributed by atoms with Crippen LogP contribution in [-0.2, 0) is 11.3 Å². The van der Waals surface area contributed by atoms with Gasteiger partial charge in [-0.05, 0) is 38.0 Å². The molecule has 7 heteroatoms. The van der Waals surface area contributed by atoms with Gasteiger partial charge in [-0.2, -0.15) is 0 Å². The summed E-state index contributed by atoms with van der Waals surface area (Å²) in [5.41, 5.74) is 1.73. The average Bonchev–Trinajstić information content (AvgIpc) is 3.22. The van der Waals surface area contributed by atoms with Crippen LogP contribution in [0.15, 0.2) is 29.3 Å². The molecule has 28 heavy (non-hydrogen) atoms. The Morgan fingerprint density at radius 3 is 2.71 bits per heavy atom. The summed E-state index contributed by atoms with van der Waals surface area (Å²) in [4.78, 5) is 21.8. The van der Waals surface area contributed by atoms with Gasteiger partial charge in [0.1, 0.15) is 0 Å². The van der Waals surface area contributed by atoms with Crippen molar-refractivity contribution in [1.29, 1.82) is 0 Å². The van der Waals surface area contributed by atoms with Crippen molar-refractivity contribution in [1.82, 2.24) is 20.4 Å². The van der Waals surface area contributed by atoms with Crippen LogP contribution < -0.4 is 10.6 Å². The molecule has 1 aromatic rings. The Kier molecular flexibility index (Phi) is 7.68. The first-order valence-corrected chi connectivity index (χ1v) is 10.4. The smallest absolute Gasteiger partial charge is 0.251 e. The molecule has 7 nitrogen and oxygen atoms in total. The molecule has 1 aromatic carbocycles. The number of amides is 1. The van der Waals surface area contributed by atoms with Crippen molar-refractivity contribution >= 4 is 11.9 Å². The summed E-state index contributed by atoms with van der Waals surface area (Å²) in [5, 5.41) is 6.28.